The highest BCUT2D eigenvalue weighted by Gasteiger charge is 2.30. The maximum absolute atomic E-state index is 12.4. The lowest BCUT2D eigenvalue weighted by Crippen LogP contribution is -2.05. The van der Waals surface area contributed by atoms with Crippen LogP contribution in [-0.4, -0.2) is 4.98 Å². The second-order valence-electron chi connectivity index (χ2n) is 3.29. The molecule has 8 heteroatoms. The zero-order valence-corrected chi connectivity index (χ0v) is 10.9. The number of thiazole rings is 1. The lowest BCUT2D eigenvalue weighted by Gasteiger charge is -2.10. The average Bonchev–Trinajstić information content (AvgIpc) is 2.65. The molecule has 0 aliphatic rings. The van der Waals surface area contributed by atoms with Crippen LogP contribution in [0, 0.1) is 0 Å². The topological polar surface area (TPSA) is 24.9 Å². The molecule has 1 aromatic heterocycles. The first-order valence-corrected chi connectivity index (χ1v) is 6.24. The number of rotatable bonds is 2. The summed E-state index contributed by atoms with van der Waals surface area (Å²) in [6.45, 7) is 0. The maximum Gasteiger partial charge on any atom is 0.416 e. The molecule has 0 saturated carbocycles. The van der Waals surface area contributed by atoms with Crippen molar-refractivity contribution in [3.05, 3.63) is 39.3 Å². The van der Waals surface area contributed by atoms with Crippen LogP contribution in [0.3, 0.4) is 0 Å². The van der Waals surface area contributed by atoms with Crippen LogP contribution >= 0.6 is 34.5 Å². The molecular weight excluding hydrogens is 308 g/mol. The molecular formula is C10H5Cl2F3N2S. The Morgan fingerprint density at radius 1 is 1.22 bits per heavy atom. The zero-order chi connectivity index (χ0) is 13.3. The van der Waals surface area contributed by atoms with E-state index in [9.17, 15) is 13.2 Å². The Hall–Kier alpha value is -0.980. The zero-order valence-electron chi connectivity index (χ0n) is 8.55. The van der Waals surface area contributed by atoms with Gasteiger partial charge in [-0.2, -0.15) is 13.2 Å². The monoisotopic (exact) mass is 312 g/mol. The average molecular weight is 313 g/mol. The molecule has 0 aliphatic carbocycles. The number of aromatic nitrogens is 1. The Bertz CT molecular complexity index is 568. The highest BCUT2D eigenvalue weighted by molar-refractivity contribution is 7.14. The highest BCUT2D eigenvalue weighted by Crippen LogP contribution is 2.35. The first kappa shape index (κ1) is 13.5. The van der Waals surface area contributed by atoms with E-state index in [-0.39, 0.29) is 5.02 Å². The third kappa shape index (κ3) is 3.07. The van der Waals surface area contributed by atoms with Crippen molar-refractivity contribution in [2.75, 3.05) is 5.32 Å². The third-order valence-electron chi connectivity index (χ3n) is 2.01. The normalized spacial score (nSPS) is 11.6. The van der Waals surface area contributed by atoms with E-state index in [0.29, 0.717) is 16.0 Å². The van der Waals surface area contributed by atoms with Gasteiger partial charge in [0, 0.05) is 5.38 Å². The van der Waals surface area contributed by atoms with Gasteiger partial charge in [-0.3, -0.25) is 0 Å². The Labute approximate surface area is 114 Å². The number of benzene rings is 1. The van der Waals surface area contributed by atoms with Crippen LogP contribution in [0.2, 0.25) is 10.2 Å². The molecule has 96 valence electrons. The van der Waals surface area contributed by atoms with Crippen LogP contribution in [0.4, 0.5) is 24.0 Å². The summed E-state index contributed by atoms with van der Waals surface area (Å²) in [4.78, 5) is 3.91. The number of nitrogens with one attached hydrogen (secondary N) is 1. The fourth-order valence-corrected chi connectivity index (χ4v) is 2.30. The first-order valence-electron chi connectivity index (χ1n) is 4.61. The van der Waals surface area contributed by atoms with Crippen molar-refractivity contribution in [2.24, 2.45) is 0 Å². The van der Waals surface area contributed by atoms with Crippen LogP contribution in [0.25, 0.3) is 0 Å². The minimum Gasteiger partial charge on any atom is -0.330 e. The number of anilines is 2. The van der Waals surface area contributed by atoms with Gasteiger partial charge >= 0.3 is 6.18 Å². The van der Waals surface area contributed by atoms with Gasteiger partial charge in [-0.15, -0.1) is 11.3 Å². The van der Waals surface area contributed by atoms with Crippen LogP contribution in [-0.2, 0) is 6.18 Å². The largest absolute Gasteiger partial charge is 0.416 e. The molecule has 0 amide bonds. The van der Waals surface area contributed by atoms with Crippen LogP contribution < -0.4 is 5.32 Å². The Kier molecular flexibility index (Phi) is 3.70. The van der Waals surface area contributed by atoms with E-state index in [4.69, 9.17) is 23.2 Å². The van der Waals surface area contributed by atoms with Gasteiger partial charge in [-0.1, -0.05) is 23.2 Å². The number of hydrogen-bond donors (Lipinski definition) is 1. The van der Waals surface area contributed by atoms with Crippen LogP contribution in [0.1, 0.15) is 5.56 Å². The predicted molar refractivity (Wildman–Crippen MR) is 66.9 cm³/mol. The van der Waals surface area contributed by atoms with Crippen molar-refractivity contribution in [1.29, 1.82) is 0 Å². The maximum atomic E-state index is 12.4. The molecule has 2 nitrogen and oxygen atoms in total. The summed E-state index contributed by atoms with van der Waals surface area (Å²) < 4.78 is 37.3. The molecule has 2 rings (SSSR count). The van der Waals surface area contributed by atoms with Crippen molar-refractivity contribution in [3.8, 4) is 0 Å². The van der Waals surface area contributed by atoms with Crippen molar-refractivity contribution < 1.29 is 13.2 Å². The SMILES string of the molecule is FC(F)(F)c1ccc(Nc2nc(Cl)cs2)c(Cl)c1. The van der Waals surface area contributed by atoms with Crippen LogP contribution in [0.5, 0.6) is 0 Å². The number of alkyl halides is 3. The van der Waals surface area contributed by atoms with E-state index in [2.05, 4.69) is 10.3 Å². The van der Waals surface area contributed by atoms with E-state index in [0.717, 1.165) is 12.1 Å². The summed E-state index contributed by atoms with van der Waals surface area (Å²) in [5.41, 5.74) is -0.453. The summed E-state index contributed by atoms with van der Waals surface area (Å²) in [5, 5.41) is 5.13. The van der Waals surface area contributed by atoms with Gasteiger partial charge in [0.15, 0.2) is 5.13 Å². The predicted octanol–water partition coefficient (Wildman–Crippen LogP) is 5.21. The molecule has 1 N–H and O–H groups in total. The first-order chi connectivity index (χ1) is 8.36. The highest BCUT2D eigenvalue weighted by atomic mass is 35.5. The minimum atomic E-state index is -4.41. The van der Waals surface area contributed by atoms with Gasteiger partial charge in [0.05, 0.1) is 16.3 Å². The quantitative estimate of drug-likeness (QED) is 0.823. The Balaban J connectivity index is 2.25. The van der Waals surface area contributed by atoms with Gasteiger partial charge in [-0.05, 0) is 18.2 Å². The van der Waals surface area contributed by atoms with Gasteiger partial charge in [-0.25, -0.2) is 4.98 Å². The van der Waals surface area contributed by atoms with E-state index < -0.39 is 11.7 Å². The van der Waals surface area contributed by atoms with Crippen molar-refractivity contribution in [2.45, 2.75) is 6.18 Å². The molecule has 0 fully saturated rings. The van der Waals surface area contributed by atoms with Crippen molar-refractivity contribution >= 4 is 45.4 Å². The molecule has 0 atom stereocenters. The van der Waals surface area contributed by atoms with E-state index >= 15 is 0 Å². The van der Waals surface area contributed by atoms with Crippen LogP contribution in [0.15, 0.2) is 23.6 Å². The number of nitrogens with zero attached hydrogens (tertiary/aromatic N) is 1. The van der Waals surface area contributed by atoms with E-state index in [1.54, 1.807) is 5.38 Å². The Morgan fingerprint density at radius 2 is 1.94 bits per heavy atom. The molecule has 2 aromatic rings. The molecule has 18 heavy (non-hydrogen) atoms. The molecule has 0 unspecified atom stereocenters. The van der Waals surface area contributed by atoms with Gasteiger partial charge in [0.2, 0.25) is 0 Å². The fraction of sp³-hybridized carbons (Fsp3) is 0.100. The van der Waals surface area contributed by atoms with Crippen molar-refractivity contribution in [1.82, 2.24) is 4.98 Å². The smallest absolute Gasteiger partial charge is 0.330 e. The molecule has 0 radical (unpaired) electrons. The molecule has 0 saturated heterocycles. The van der Waals surface area contributed by atoms with Crippen molar-refractivity contribution in [3.63, 3.8) is 0 Å². The van der Waals surface area contributed by atoms with Gasteiger partial charge < -0.3 is 5.32 Å². The minimum absolute atomic E-state index is 0.0313. The molecule has 0 spiro atoms. The number of halogens is 5. The second-order valence-corrected chi connectivity index (χ2v) is 4.95. The molecule has 1 heterocycles. The van der Waals surface area contributed by atoms with E-state index in [1.165, 1.54) is 17.4 Å². The van der Waals surface area contributed by atoms with E-state index in [1.807, 2.05) is 0 Å². The van der Waals surface area contributed by atoms with Gasteiger partial charge in [0.25, 0.3) is 0 Å². The third-order valence-corrected chi connectivity index (χ3v) is 3.41. The summed E-state index contributed by atoms with van der Waals surface area (Å²) in [7, 11) is 0. The number of hydrogen-bond acceptors (Lipinski definition) is 3. The molecule has 0 bridgehead atoms. The van der Waals surface area contributed by atoms with Gasteiger partial charge in [0.1, 0.15) is 5.15 Å². The lowest BCUT2D eigenvalue weighted by atomic mass is 10.2. The molecule has 1 aromatic carbocycles. The summed E-state index contributed by atoms with van der Waals surface area (Å²) in [6.07, 6.45) is -4.41. The molecule has 0 aliphatic heterocycles. The lowest BCUT2D eigenvalue weighted by molar-refractivity contribution is -0.137. The summed E-state index contributed by atoms with van der Waals surface area (Å²) in [6, 6.07) is 3.06. The summed E-state index contributed by atoms with van der Waals surface area (Å²) in [5.74, 6) is 0. The summed E-state index contributed by atoms with van der Waals surface area (Å²) >= 11 is 12.6. The second kappa shape index (κ2) is 4.95. The fourth-order valence-electron chi connectivity index (χ4n) is 1.22. The Morgan fingerprint density at radius 3 is 2.44 bits per heavy atom. The standard InChI is InChI=1S/C10H5Cl2F3N2S/c11-6-3-5(10(13,14)15)1-2-7(6)16-9-17-8(12)4-18-9/h1-4H,(H,16,17).